The molecule has 1 fully saturated rings. The highest BCUT2D eigenvalue weighted by molar-refractivity contribution is 5.88. The standard InChI is InChI=1S/C19H26N2O/c1-19(2,3)18(21-12-10-20-11-13-21)17-15-7-5-4-6-14(15)8-9-16(17)22/h4-9,18,20,22H,10-13H2,1-3H3/t18-/m0/s1. The van der Waals surface area contributed by atoms with Gasteiger partial charge in [0, 0.05) is 37.8 Å². The van der Waals surface area contributed by atoms with Gasteiger partial charge in [0.25, 0.3) is 0 Å². The van der Waals surface area contributed by atoms with E-state index in [4.69, 9.17) is 0 Å². The van der Waals surface area contributed by atoms with Crippen LogP contribution in [0.2, 0.25) is 0 Å². The predicted octanol–water partition coefficient (Wildman–Crippen LogP) is 3.54. The molecule has 1 heterocycles. The van der Waals surface area contributed by atoms with Crippen molar-refractivity contribution in [3.05, 3.63) is 42.0 Å². The van der Waals surface area contributed by atoms with Crippen molar-refractivity contribution < 1.29 is 5.11 Å². The summed E-state index contributed by atoms with van der Waals surface area (Å²) in [7, 11) is 0. The Morgan fingerprint density at radius 2 is 1.73 bits per heavy atom. The molecule has 1 saturated heterocycles. The van der Waals surface area contributed by atoms with E-state index >= 15 is 0 Å². The third-order valence-electron chi connectivity index (χ3n) is 4.56. The second-order valence-electron chi connectivity index (χ2n) is 7.27. The zero-order valence-electron chi connectivity index (χ0n) is 13.8. The topological polar surface area (TPSA) is 35.5 Å². The van der Waals surface area contributed by atoms with Crippen LogP contribution in [-0.2, 0) is 0 Å². The van der Waals surface area contributed by atoms with Gasteiger partial charge < -0.3 is 10.4 Å². The van der Waals surface area contributed by atoms with Crippen molar-refractivity contribution in [3.8, 4) is 5.75 Å². The van der Waals surface area contributed by atoms with Crippen LogP contribution in [0.4, 0.5) is 0 Å². The lowest BCUT2D eigenvalue weighted by Gasteiger charge is -2.43. The maximum Gasteiger partial charge on any atom is 0.121 e. The van der Waals surface area contributed by atoms with Crippen LogP contribution < -0.4 is 5.32 Å². The normalized spacial score (nSPS) is 18.5. The molecule has 0 radical (unpaired) electrons. The van der Waals surface area contributed by atoms with Gasteiger partial charge in [0.05, 0.1) is 0 Å². The minimum absolute atomic E-state index is 0.0545. The third-order valence-corrected chi connectivity index (χ3v) is 4.56. The fourth-order valence-electron chi connectivity index (χ4n) is 3.68. The van der Waals surface area contributed by atoms with Crippen molar-refractivity contribution in [1.29, 1.82) is 0 Å². The lowest BCUT2D eigenvalue weighted by atomic mass is 9.79. The summed E-state index contributed by atoms with van der Waals surface area (Å²) in [6, 6.07) is 12.4. The van der Waals surface area contributed by atoms with Crippen molar-refractivity contribution in [3.63, 3.8) is 0 Å². The molecular weight excluding hydrogens is 272 g/mol. The van der Waals surface area contributed by atoms with E-state index in [0.717, 1.165) is 31.7 Å². The Hall–Kier alpha value is -1.58. The van der Waals surface area contributed by atoms with Crippen molar-refractivity contribution >= 4 is 10.8 Å². The van der Waals surface area contributed by atoms with Crippen molar-refractivity contribution in [2.45, 2.75) is 26.8 Å². The number of hydrogen-bond acceptors (Lipinski definition) is 3. The highest BCUT2D eigenvalue weighted by Gasteiger charge is 2.35. The highest BCUT2D eigenvalue weighted by Crippen LogP contribution is 2.44. The maximum atomic E-state index is 10.6. The van der Waals surface area contributed by atoms with Gasteiger partial charge in [-0.15, -0.1) is 0 Å². The Balaban J connectivity index is 2.17. The molecule has 3 rings (SSSR count). The van der Waals surface area contributed by atoms with Gasteiger partial charge in [-0.25, -0.2) is 0 Å². The maximum absolute atomic E-state index is 10.6. The van der Waals surface area contributed by atoms with E-state index in [0.29, 0.717) is 5.75 Å². The van der Waals surface area contributed by atoms with Crippen LogP contribution in [0.15, 0.2) is 36.4 Å². The van der Waals surface area contributed by atoms with E-state index in [1.807, 2.05) is 12.1 Å². The summed E-state index contributed by atoms with van der Waals surface area (Å²) in [6.07, 6.45) is 0. The Morgan fingerprint density at radius 3 is 2.41 bits per heavy atom. The van der Waals surface area contributed by atoms with Gasteiger partial charge in [0.15, 0.2) is 0 Å². The molecule has 3 nitrogen and oxygen atoms in total. The number of hydrogen-bond donors (Lipinski definition) is 2. The molecular formula is C19H26N2O. The molecule has 0 aliphatic carbocycles. The molecule has 0 bridgehead atoms. The first-order valence-corrected chi connectivity index (χ1v) is 8.14. The van der Waals surface area contributed by atoms with E-state index in [2.05, 4.69) is 55.3 Å². The molecule has 1 aliphatic heterocycles. The van der Waals surface area contributed by atoms with Crippen molar-refractivity contribution in [1.82, 2.24) is 10.2 Å². The van der Waals surface area contributed by atoms with E-state index in [9.17, 15) is 5.11 Å². The predicted molar refractivity (Wildman–Crippen MR) is 92.3 cm³/mol. The van der Waals surface area contributed by atoms with E-state index in [1.165, 1.54) is 10.8 Å². The molecule has 0 aromatic heterocycles. The Kier molecular flexibility index (Phi) is 4.11. The number of aromatic hydroxyl groups is 1. The summed E-state index contributed by atoms with van der Waals surface area (Å²) in [6.45, 7) is 10.9. The summed E-state index contributed by atoms with van der Waals surface area (Å²) < 4.78 is 0. The SMILES string of the molecule is CC(C)(C)[C@H](c1c(O)ccc2ccccc12)N1CCNCC1. The first-order chi connectivity index (χ1) is 10.5. The van der Waals surface area contributed by atoms with Crippen LogP contribution in [0.3, 0.4) is 0 Å². The van der Waals surface area contributed by atoms with Crippen LogP contribution in [-0.4, -0.2) is 36.2 Å². The summed E-state index contributed by atoms with van der Waals surface area (Å²) in [5, 5.41) is 16.4. The molecule has 2 aromatic carbocycles. The van der Waals surface area contributed by atoms with E-state index in [1.54, 1.807) is 0 Å². The Bertz CT molecular complexity index is 654. The monoisotopic (exact) mass is 298 g/mol. The van der Waals surface area contributed by atoms with Gasteiger partial charge in [0.1, 0.15) is 5.75 Å². The average Bonchev–Trinajstić information content (AvgIpc) is 2.50. The summed E-state index contributed by atoms with van der Waals surface area (Å²) in [5.41, 5.74) is 1.13. The van der Waals surface area contributed by atoms with Gasteiger partial charge in [-0.05, 0) is 22.3 Å². The number of benzene rings is 2. The third kappa shape index (κ3) is 2.83. The number of rotatable bonds is 2. The minimum Gasteiger partial charge on any atom is -0.508 e. The largest absolute Gasteiger partial charge is 0.508 e. The fraction of sp³-hybridized carbons (Fsp3) is 0.474. The average molecular weight is 298 g/mol. The van der Waals surface area contributed by atoms with Crippen LogP contribution >= 0.6 is 0 Å². The smallest absolute Gasteiger partial charge is 0.121 e. The number of nitrogens with zero attached hydrogens (tertiary/aromatic N) is 1. The van der Waals surface area contributed by atoms with Gasteiger partial charge in [-0.1, -0.05) is 51.1 Å². The molecule has 1 atom stereocenters. The number of piperazine rings is 1. The van der Waals surface area contributed by atoms with Crippen LogP contribution in [0.25, 0.3) is 10.8 Å². The fourth-order valence-corrected chi connectivity index (χ4v) is 3.68. The molecule has 2 N–H and O–H groups in total. The Morgan fingerprint density at radius 1 is 1.05 bits per heavy atom. The molecule has 1 aliphatic rings. The molecule has 0 spiro atoms. The first-order valence-electron chi connectivity index (χ1n) is 8.14. The number of phenolic OH excluding ortho intramolecular Hbond substituents is 1. The van der Waals surface area contributed by atoms with Crippen LogP contribution in [0.5, 0.6) is 5.75 Å². The van der Waals surface area contributed by atoms with Crippen LogP contribution in [0, 0.1) is 5.41 Å². The molecule has 3 heteroatoms. The highest BCUT2D eigenvalue weighted by atomic mass is 16.3. The second-order valence-corrected chi connectivity index (χ2v) is 7.27. The first kappa shape index (κ1) is 15.3. The summed E-state index contributed by atoms with van der Waals surface area (Å²) in [5.74, 6) is 0.414. The summed E-state index contributed by atoms with van der Waals surface area (Å²) in [4.78, 5) is 2.51. The lowest BCUT2D eigenvalue weighted by molar-refractivity contribution is 0.0853. The van der Waals surface area contributed by atoms with Gasteiger partial charge in [-0.2, -0.15) is 0 Å². The van der Waals surface area contributed by atoms with Gasteiger partial charge in [-0.3, -0.25) is 4.90 Å². The summed E-state index contributed by atoms with van der Waals surface area (Å²) >= 11 is 0. The molecule has 0 saturated carbocycles. The second kappa shape index (κ2) is 5.90. The molecule has 22 heavy (non-hydrogen) atoms. The quantitative estimate of drug-likeness (QED) is 0.890. The van der Waals surface area contributed by atoms with Crippen LogP contribution in [0.1, 0.15) is 32.4 Å². The molecule has 2 aromatic rings. The number of fused-ring (bicyclic) bond motifs is 1. The molecule has 118 valence electrons. The van der Waals surface area contributed by atoms with Crippen molar-refractivity contribution in [2.75, 3.05) is 26.2 Å². The van der Waals surface area contributed by atoms with Crippen molar-refractivity contribution in [2.24, 2.45) is 5.41 Å². The van der Waals surface area contributed by atoms with Gasteiger partial charge in [0.2, 0.25) is 0 Å². The number of nitrogens with one attached hydrogen (secondary N) is 1. The zero-order valence-corrected chi connectivity index (χ0v) is 13.8. The number of phenols is 1. The van der Waals surface area contributed by atoms with E-state index < -0.39 is 0 Å². The zero-order chi connectivity index (χ0) is 15.7. The Labute approximate surface area is 132 Å². The minimum atomic E-state index is 0.0545. The molecule has 0 unspecified atom stereocenters. The van der Waals surface area contributed by atoms with Gasteiger partial charge >= 0.3 is 0 Å². The lowest BCUT2D eigenvalue weighted by Crippen LogP contribution is -2.48. The molecule has 0 amide bonds. The van der Waals surface area contributed by atoms with E-state index in [-0.39, 0.29) is 11.5 Å².